The minimum Gasteiger partial charge on any atom is -0.0652 e. The van der Waals surface area contributed by atoms with E-state index in [0.29, 0.717) is 20.6 Å². The van der Waals surface area contributed by atoms with E-state index in [9.17, 15) is 0 Å². The van der Waals surface area contributed by atoms with Crippen molar-refractivity contribution in [3.05, 3.63) is 0 Å². The Labute approximate surface area is 146 Å². The van der Waals surface area contributed by atoms with Crippen LogP contribution < -0.4 is 0 Å². The predicted molar refractivity (Wildman–Crippen MR) is 115 cm³/mol. The maximum absolute atomic E-state index is 2.51. The molecule has 0 atom stereocenters. The van der Waals surface area contributed by atoms with Crippen LogP contribution in [0.5, 0.6) is 0 Å². The Balaban J connectivity index is 6.28. The number of hydrogen-bond acceptors (Lipinski definition) is 0. The predicted octanol–water partition coefficient (Wildman–Crippen LogP) is 8.86. The third-order valence-corrected chi connectivity index (χ3v) is 25.9. The largest absolute Gasteiger partial charge is 0.0652 e. The summed E-state index contributed by atoms with van der Waals surface area (Å²) in [7, 11) is -0.00900. The zero-order valence-electron chi connectivity index (χ0n) is 17.9. The standard InChI is InChI=1S/C19H43P3/c1-15(2)20(21(16(3,4)5)17(6,7)8)22(18(9,10)11)19(12,13)14/h15H,1-14H3. The molecule has 0 saturated carbocycles. The first kappa shape index (κ1) is 23.3. The van der Waals surface area contributed by atoms with Crippen molar-refractivity contribution in [2.45, 2.75) is 123 Å². The molecule has 0 unspecified atom stereocenters. The zero-order valence-corrected chi connectivity index (χ0v) is 20.6. The first-order chi connectivity index (χ1) is 9.31. The van der Waals surface area contributed by atoms with E-state index in [-0.39, 0.29) is 22.5 Å². The molecule has 0 bridgehead atoms. The van der Waals surface area contributed by atoms with Gasteiger partial charge in [-0.2, -0.15) is 0 Å². The minimum absolute atomic E-state index is 0.0199. The van der Waals surface area contributed by atoms with Crippen molar-refractivity contribution < 1.29 is 0 Å². The fourth-order valence-electron chi connectivity index (χ4n) is 3.79. The van der Waals surface area contributed by atoms with Gasteiger partial charge in [0.15, 0.2) is 0 Å². The SMILES string of the molecule is CC(C)P(P(C(C)(C)C)C(C)(C)C)P(C(C)(C)C)C(C)(C)C. The molecule has 0 rings (SSSR count). The van der Waals surface area contributed by atoms with Crippen molar-refractivity contribution in [3.8, 4) is 0 Å². The molecule has 0 nitrogen and oxygen atoms in total. The van der Waals surface area contributed by atoms with Gasteiger partial charge in [0.1, 0.15) is 0 Å². The van der Waals surface area contributed by atoms with Gasteiger partial charge in [-0.25, -0.2) is 0 Å². The lowest BCUT2D eigenvalue weighted by Gasteiger charge is -2.56. The molecular formula is C19H43P3. The summed E-state index contributed by atoms with van der Waals surface area (Å²) in [6.07, 6.45) is 0. The Morgan fingerprint density at radius 1 is 0.455 bits per heavy atom. The molecule has 0 saturated heterocycles. The number of rotatable bonds is 3. The van der Waals surface area contributed by atoms with E-state index >= 15 is 0 Å². The van der Waals surface area contributed by atoms with Crippen LogP contribution in [0, 0.1) is 0 Å². The third kappa shape index (κ3) is 6.30. The first-order valence-electron chi connectivity index (χ1n) is 8.71. The van der Waals surface area contributed by atoms with E-state index in [4.69, 9.17) is 0 Å². The van der Waals surface area contributed by atoms with Gasteiger partial charge in [-0.15, -0.1) is 0 Å². The van der Waals surface area contributed by atoms with E-state index in [1.807, 2.05) is 0 Å². The van der Waals surface area contributed by atoms with Crippen LogP contribution in [-0.2, 0) is 0 Å². The second-order valence-electron chi connectivity index (χ2n) is 10.7. The van der Waals surface area contributed by atoms with E-state index < -0.39 is 0 Å². The molecule has 0 aromatic rings. The zero-order chi connectivity index (χ0) is 18.3. The lowest BCUT2D eigenvalue weighted by molar-refractivity contribution is 0.714. The molecule has 0 aromatic carbocycles. The van der Waals surface area contributed by atoms with Crippen LogP contribution in [0.15, 0.2) is 0 Å². The van der Waals surface area contributed by atoms with Gasteiger partial charge in [-0.05, 0) is 26.3 Å². The summed E-state index contributed by atoms with van der Waals surface area (Å²) >= 11 is 0. The fourth-order valence-corrected chi connectivity index (χ4v) is 33.3. The number of hydrogen-bond donors (Lipinski definition) is 0. The first-order valence-corrected chi connectivity index (χ1v) is 14.2. The van der Waals surface area contributed by atoms with E-state index in [2.05, 4.69) is 96.9 Å². The molecule has 134 valence electrons. The second-order valence-corrected chi connectivity index (χ2v) is 24.9. The van der Waals surface area contributed by atoms with E-state index in [0.717, 1.165) is 5.66 Å². The highest BCUT2D eigenvalue weighted by atomic mass is 32.5. The van der Waals surface area contributed by atoms with Crippen molar-refractivity contribution in [1.82, 2.24) is 0 Å². The summed E-state index contributed by atoms with van der Waals surface area (Å²) in [6.45, 7) is 35.0. The van der Waals surface area contributed by atoms with Gasteiger partial charge >= 0.3 is 0 Å². The average Bonchev–Trinajstić information content (AvgIpc) is 2.06. The summed E-state index contributed by atoms with van der Waals surface area (Å²) in [5, 5.41) is 1.72. The van der Waals surface area contributed by atoms with Gasteiger partial charge in [-0.1, -0.05) is 119 Å². The van der Waals surface area contributed by atoms with Crippen LogP contribution in [-0.4, -0.2) is 26.3 Å². The van der Waals surface area contributed by atoms with Gasteiger partial charge in [0.25, 0.3) is 0 Å². The Kier molecular flexibility index (Phi) is 7.69. The van der Waals surface area contributed by atoms with Crippen molar-refractivity contribution in [2.75, 3.05) is 0 Å². The molecule has 0 amide bonds. The molecule has 0 fully saturated rings. The molecule has 0 heterocycles. The highest BCUT2D eigenvalue weighted by Crippen LogP contribution is 2.98. The lowest BCUT2D eigenvalue weighted by atomic mass is 10.2. The van der Waals surface area contributed by atoms with Crippen LogP contribution in [0.3, 0.4) is 0 Å². The van der Waals surface area contributed by atoms with Crippen molar-refractivity contribution in [3.63, 3.8) is 0 Å². The second kappa shape index (κ2) is 7.27. The highest BCUT2D eigenvalue weighted by Gasteiger charge is 2.50. The molecule has 0 N–H and O–H groups in total. The Morgan fingerprint density at radius 3 is 0.727 bits per heavy atom. The van der Waals surface area contributed by atoms with Crippen molar-refractivity contribution in [2.24, 2.45) is 0 Å². The molecule has 0 spiro atoms. The summed E-state index contributed by atoms with van der Waals surface area (Å²) in [5.74, 6) is 0. The summed E-state index contributed by atoms with van der Waals surface area (Å²) in [6, 6.07) is 0. The van der Waals surface area contributed by atoms with Crippen LogP contribution in [0.4, 0.5) is 0 Å². The average molecular weight is 364 g/mol. The van der Waals surface area contributed by atoms with Crippen LogP contribution >= 0.6 is 22.5 Å². The summed E-state index contributed by atoms with van der Waals surface area (Å²) < 4.78 is 0. The van der Waals surface area contributed by atoms with Gasteiger partial charge in [0, 0.05) is 0 Å². The third-order valence-electron chi connectivity index (χ3n) is 3.41. The molecule has 3 heteroatoms. The molecule has 0 aliphatic heterocycles. The molecule has 0 aliphatic rings. The highest BCUT2D eigenvalue weighted by molar-refractivity contribution is 8.62. The van der Waals surface area contributed by atoms with Gasteiger partial charge in [0.2, 0.25) is 0 Å². The molecule has 0 aromatic heterocycles. The maximum Gasteiger partial charge on any atom is -0.0133 e. The van der Waals surface area contributed by atoms with Crippen LogP contribution in [0.25, 0.3) is 0 Å². The summed E-state index contributed by atoms with van der Waals surface area (Å²) in [5.41, 5.74) is 0.823. The Bertz CT molecular complexity index is 285. The molecule has 22 heavy (non-hydrogen) atoms. The monoisotopic (exact) mass is 364 g/mol. The van der Waals surface area contributed by atoms with Gasteiger partial charge < -0.3 is 0 Å². The molecular weight excluding hydrogens is 321 g/mol. The van der Waals surface area contributed by atoms with E-state index in [1.54, 1.807) is 0 Å². The molecule has 0 aliphatic carbocycles. The van der Waals surface area contributed by atoms with Crippen molar-refractivity contribution in [1.29, 1.82) is 0 Å². The van der Waals surface area contributed by atoms with Crippen LogP contribution in [0.2, 0.25) is 0 Å². The Hall–Kier alpha value is 1.29. The quantitative estimate of drug-likeness (QED) is 0.439. The van der Waals surface area contributed by atoms with Gasteiger partial charge in [-0.3, -0.25) is 0 Å². The topological polar surface area (TPSA) is 0 Å². The fraction of sp³-hybridized carbons (Fsp3) is 1.00. The van der Waals surface area contributed by atoms with E-state index in [1.165, 1.54) is 0 Å². The Morgan fingerprint density at radius 2 is 0.636 bits per heavy atom. The van der Waals surface area contributed by atoms with Gasteiger partial charge in [0.05, 0.1) is 0 Å². The lowest BCUT2D eigenvalue weighted by Crippen LogP contribution is -2.30. The normalized spacial score (nSPS) is 15.5. The molecule has 0 radical (unpaired) electrons. The summed E-state index contributed by atoms with van der Waals surface area (Å²) in [4.78, 5) is 0. The maximum atomic E-state index is 2.51. The van der Waals surface area contributed by atoms with Crippen LogP contribution in [0.1, 0.15) is 96.9 Å². The smallest absolute Gasteiger partial charge is 0.0133 e. The minimum atomic E-state index is -0.0199. The van der Waals surface area contributed by atoms with Crippen molar-refractivity contribution >= 4 is 22.5 Å².